The van der Waals surface area contributed by atoms with Gasteiger partial charge < -0.3 is 0 Å². The van der Waals surface area contributed by atoms with Crippen LogP contribution in [0.25, 0.3) is 0 Å². The van der Waals surface area contributed by atoms with Gasteiger partial charge in [-0.1, -0.05) is 53.4 Å². The normalized spacial score (nSPS) is 48.0. The summed E-state index contributed by atoms with van der Waals surface area (Å²) in [5.74, 6) is 1.82. The fraction of sp³-hybridized carbons (Fsp3) is 1.00. The van der Waals surface area contributed by atoms with Crippen molar-refractivity contribution in [3.63, 3.8) is 0 Å². The number of thioether (sulfide) groups is 1. The second-order valence-corrected chi connectivity index (χ2v) is 9.09. The second kappa shape index (κ2) is 5.15. The fourth-order valence-corrected chi connectivity index (χ4v) is 5.99. The summed E-state index contributed by atoms with van der Waals surface area (Å²) in [5.41, 5.74) is 0. The number of hydrogen-bond acceptors (Lipinski definition) is 1. The van der Waals surface area contributed by atoms with Gasteiger partial charge in [-0.15, -0.1) is 11.8 Å². The molecule has 100 valence electrons. The predicted molar refractivity (Wildman–Crippen MR) is 79.7 cm³/mol. The van der Waals surface area contributed by atoms with Crippen molar-refractivity contribution in [1.82, 2.24) is 0 Å². The van der Waals surface area contributed by atoms with E-state index in [4.69, 9.17) is 0 Å². The zero-order chi connectivity index (χ0) is 12.5. The smallest absolute Gasteiger partial charge is 0.0163 e. The van der Waals surface area contributed by atoms with Gasteiger partial charge in [-0.3, -0.25) is 0 Å². The van der Waals surface area contributed by atoms with Crippen molar-refractivity contribution in [2.24, 2.45) is 11.8 Å². The summed E-state index contributed by atoms with van der Waals surface area (Å²) in [7, 11) is 0. The topological polar surface area (TPSA) is 0 Å². The van der Waals surface area contributed by atoms with Gasteiger partial charge in [0.15, 0.2) is 0 Å². The van der Waals surface area contributed by atoms with Crippen LogP contribution in [0, 0.1) is 11.8 Å². The Morgan fingerprint density at radius 2 is 1.18 bits per heavy atom. The van der Waals surface area contributed by atoms with Crippen LogP contribution in [0.15, 0.2) is 0 Å². The molecule has 0 heterocycles. The van der Waals surface area contributed by atoms with E-state index in [2.05, 4.69) is 39.5 Å². The Bertz CT molecular complexity index is 236. The monoisotopic (exact) mass is 254 g/mol. The molecule has 0 bridgehead atoms. The molecule has 2 saturated carbocycles. The standard InChI is InChI=1S/C16H30S/c1-13-9-5-7-11-15(13,3)17-16(4)12-8-6-10-14(16)2/h13-14H,5-12H2,1-4H3. The van der Waals surface area contributed by atoms with E-state index >= 15 is 0 Å². The van der Waals surface area contributed by atoms with Crippen LogP contribution in [0.3, 0.4) is 0 Å². The van der Waals surface area contributed by atoms with Gasteiger partial charge in [0, 0.05) is 9.49 Å². The predicted octanol–water partition coefficient (Wildman–Crippen LogP) is 5.66. The van der Waals surface area contributed by atoms with Gasteiger partial charge in [-0.2, -0.15) is 0 Å². The molecule has 0 amide bonds. The summed E-state index contributed by atoms with van der Waals surface area (Å²) >= 11 is 2.36. The molecule has 4 unspecified atom stereocenters. The molecule has 2 aliphatic rings. The third-order valence-corrected chi connectivity index (χ3v) is 7.82. The van der Waals surface area contributed by atoms with Crippen molar-refractivity contribution in [2.45, 2.75) is 88.6 Å². The van der Waals surface area contributed by atoms with Crippen LogP contribution in [0.5, 0.6) is 0 Å². The summed E-state index contributed by atoms with van der Waals surface area (Å²) in [6.07, 6.45) is 11.6. The molecule has 2 rings (SSSR count). The van der Waals surface area contributed by atoms with Crippen molar-refractivity contribution >= 4 is 11.8 Å². The summed E-state index contributed by atoms with van der Waals surface area (Å²) in [6.45, 7) is 10.1. The summed E-state index contributed by atoms with van der Waals surface area (Å²) in [4.78, 5) is 0. The van der Waals surface area contributed by atoms with Crippen LogP contribution in [0.1, 0.15) is 79.1 Å². The first kappa shape index (κ1) is 13.8. The molecule has 0 aromatic rings. The van der Waals surface area contributed by atoms with E-state index in [0.717, 1.165) is 11.8 Å². The molecule has 0 aromatic carbocycles. The molecule has 17 heavy (non-hydrogen) atoms. The van der Waals surface area contributed by atoms with E-state index in [1.807, 2.05) is 0 Å². The zero-order valence-electron chi connectivity index (χ0n) is 12.2. The maximum Gasteiger partial charge on any atom is 0.0163 e. The average Bonchev–Trinajstić information content (AvgIpc) is 2.27. The Morgan fingerprint density at radius 1 is 0.765 bits per heavy atom. The molecular formula is C16H30S. The minimum absolute atomic E-state index is 0.554. The maximum atomic E-state index is 2.55. The largest absolute Gasteiger partial charge is 0.148 e. The lowest BCUT2D eigenvalue weighted by molar-refractivity contribution is 0.283. The molecule has 4 atom stereocenters. The third kappa shape index (κ3) is 2.85. The molecule has 0 N–H and O–H groups in total. The van der Waals surface area contributed by atoms with Gasteiger partial charge in [0.2, 0.25) is 0 Å². The summed E-state index contributed by atoms with van der Waals surface area (Å²) in [6, 6.07) is 0. The van der Waals surface area contributed by atoms with E-state index in [-0.39, 0.29) is 0 Å². The molecular weight excluding hydrogens is 224 g/mol. The van der Waals surface area contributed by atoms with E-state index < -0.39 is 0 Å². The Kier molecular flexibility index (Phi) is 4.17. The minimum atomic E-state index is 0.554. The van der Waals surface area contributed by atoms with Gasteiger partial charge in [-0.25, -0.2) is 0 Å². The average molecular weight is 254 g/mol. The molecule has 1 heteroatoms. The Morgan fingerprint density at radius 3 is 1.53 bits per heavy atom. The van der Waals surface area contributed by atoms with Crippen molar-refractivity contribution < 1.29 is 0 Å². The van der Waals surface area contributed by atoms with Crippen molar-refractivity contribution in [3.8, 4) is 0 Å². The zero-order valence-corrected chi connectivity index (χ0v) is 13.0. The Labute approximate surface area is 112 Å². The Hall–Kier alpha value is 0.350. The SMILES string of the molecule is CC1CCCCC1(C)SC1(C)CCCCC1C. The van der Waals surface area contributed by atoms with Crippen molar-refractivity contribution in [2.75, 3.05) is 0 Å². The lowest BCUT2D eigenvalue weighted by atomic mass is 9.80. The summed E-state index contributed by atoms with van der Waals surface area (Å²) in [5, 5.41) is 0. The first-order valence-electron chi connectivity index (χ1n) is 7.66. The van der Waals surface area contributed by atoms with Crippen molar-refractivity contribution in [1.29, 1.82) is 0 Å². The van der Waals surface area contributed by atoms with Crippen LogP contribution in [-0.4, -0.2) is 9.49 Å². The van der Waals surface area contributed by atoms with Crippen LogP contribution >= 0.6 is 11.8 Å². The van der Waals surface area contributed by atoms with Gasteiger partial charge in [0.1, 0.15) is 0 Å². The van der Waals surface area contributed by atoms with E-state index in [1.165, 1.54) is 51.4 Å². The summed E-state index contributed by atoms with van der Waals surface area (Å²) < 4.78 is 1.11. The molecule has 2 fully saturated rings. The van der Waals surface area contributed by atoms with Crippen LogP contribution in [0.4, 0.5) is 0 Å². The third-order valence-electron chi connectivity index (χ3n) is 5.67. The van der Waals surface area contributed by atoms with Gasteiger partial charge in [-0.05, 0) is 37.5 Å². The van der Waals surface area contributed by atoms with Crippen LogP contribution < -0.4 is 0 Å². The first-order valence-corrected chi connectivity index (χ1v) is 8.48. The second-order valence-electron chi connectivity index (χ2n) is 7.02. The Balaban J connectivity index is 2.07. The molecule has 0 radical (unpaired) electrons. The molecule has 0 nitrogen and oxygen atoms in total. The maximum absolute atomic E-state index is 2.55. The van der Waals surface area contributed by atoms with Gasteiger partial charge >= 0.3 is 0 Å². The minimum Gasteiger partial charge on any atom is -0.148 e. The number of rotatable bonds is 2. The molecule has 0 aromatic heterocycles. The first-order chi connectivity index (χ1) is 7.96. The molecule has 0 saturated heterocycles. The highest BCUT2D eigenvalue weighted by atomic mass is 32.2. The van der Waals surface area contributed by atoms with Gasteiger partial charge in [0.25, 0.3) is 0 Å². The van der Waals surface area contributed by atoms with Gasteiger partial charge in [0.05, 0.1) is 0 Å². The quantitative estimate of drug-likeness (QED) is 0.613. The molecule has 2 aliphatic carbocycles. The van der Waals surface area contributed by atoms with Crippen LogP contribution in [-0.2, 0) is 0 Å². The lowest BCUT2D eigenvalue weighted by Crippen LogP contribution is -2.42. The van der Waals surface area contributed by atoms with E-state index in [1.54, 1.807) is 0 Å². The highest BCUT2D eigenvalue weighted by Crippen LogP contribution is 2.54. The number of hydrogen-bond donors (Lipinski definition) is 0. The lowest BCUT2D eigenvalue weighted by Gasteiger charge is -2.49. The highest BCUT2D eigenvalue weighted by molar-refractivity contribution is 8.02. The van der Waals surface area contributed by atoms with Crippen molar-refractivity contribution in [3.05, 3.63) is 0 Å². The van der Waals surface area contributed by atoms with E-state index in [0.29, 0.717) is 9.49 Å². The fourth-order valence-electron chi connectivity index (χ4n) is 3.79. The molecule has 0 aliphatic heterocycles. The molecule has 0 spiro atoms. The van der Waals surface area contributed by atoms with Crippen LogP contribution in [0.2, 0.25) is 0 Å². The highest BCUT2D eigenvalue weighted by Gasteiger charge is 2.43. The van der Waals surface area contributed by atoms with E-state index in [9.17, 15) is 0 Å².